The van der Waals surface area contributed by atoms with Gasteiger partial charge >= 0.3 is 43.5 Å². The molecule has 2 unspecified atom stereocenters. The fourth-order valence-corrected chi connectivity index (χ4v) is 6.65. The third-order valence-electron chi connectivity index (χ3n) is 9.75. The van der Waals surface area contributed by atoms with Gasteiger partial charge in [0.05, 0.1) is 32.8 Å². The predicted octanol–water partition coefficient (Wildman–Crippen LogP) is 6.09. The largest absolute Gasteiger partial charge is 0.569 e. The molecule has 0 aliphatic heterocycles. The van der Waals surface area contributed by atoms with Gasteiger partial charge in [0.25, 0.3) is 0 Å². The molecule has 0 amide bonds. The molecule has 0 fully saturated rings. The van der Waals surface area contributed by atoms with Crippen LogP contribution in [0.1, 0.15) is 36.5 Å². The second-order valence-corrected chi connectivity index (χ2v) is 15.9. The summed E-state index contributed by atoms with van der Waals surface area (Å²) in [6.45, 7) is 0.662. The Balaban J connectivity index is 0.000000289. The molecule has 0 saturated heterocycles. The molecule has 20 heteroatoms. The summed E-state index contributed by atoms with van der Waals surface area (Å²) in [6.07, 6.45) is 2.07. The van der Waals surface area contributed by atoms with Crippen molar-refractivity contribution in [1.29, 1.82) is 0 Å². The van der Waals surface area contributed by atoms with Gasteiger partial charge in [0.1, 0.15) is 35.9 Å². The Morgan fingerprint density at radius 2 is 0.913 bits per heavy atom. The maximum Gasteiger partial charge on any atom is 0.569 e. The Morgan fingerprint density at radius 3 is 1.32 bits per heavy atom. The highest BCUT2D eigenvalue weighted by Crippen LogP contribution is 2.24. The third kappa shape index (κ3) is 21.9. The Hall–Kier alpha value is -7.26. The number of hydrogen-bond donors (Lipinski definition) is 7. The first-order valence-electron chi connectivity index (χ1n) is 21.2. The van der Waals surface area contributed by atoms with Gasteiger partial charge in [0.2, 0.25) is 0 Å². The predicted molar refractivity (Wildman–Crippen MR) is 256 cm³/mol. The average Bonchev–Trinajstić information content (AvgIpc) is 3.30. The number of halogens is 1. The number of rotatable bonds is 26. The van der Waals surface area contributed by atoms with Crippen molar-refractivity contribution in [3.8, 4) is 28.4 Å². The van der Waals surface area contributed by atoms with Crippen LogP contribution in [0.2, 0.25) is 0 Å². The highest BCUT2D eigenvalue weighted by molar-refractivity contribution is 9.10. The lowest BCUT2D eigenvalue weighted by Gasteiger charge is -2.25. The highest BCUT2D eigenvalue weighted by atomic mass is 79.9. The van der Waals surface area contributed by atoms with E-state index in [2.05, 4.69) is 22.9 Å². The lowest BCUT2D eigenvalue weighted by Crippen LogP contribution is -2.47. The van der Waals surface area contributed by atoms with Crippen molar-refractivity contribution in [2.45, 2.75) is 51.3 Å². The van der Waals surface area contributed by atoms with Crippen LogP contribution in [0.5, 0.6) is 17.2 Å². The zero-order valence-electron chi connectivity index (χ0n) is 37.5. The molecule has 0 heterocycles. The van der Waals surface area contributed by atoms with Crippen LogP contribution in [0, 0.1) is 0 Å². The lowest BCUT2D eigenvalue weighted by atomic mass is 10.00. The van der Waals surface area contributed by atoms with E-state index in [4.69, 9.17) is 39.6 Å². The van der Waals surface area contributed by atoms with Gasteiger partial charge in [0, 0.05) is 4.47 Å². The Kier molecular flexibility index (Phi) is 24.5. The van der Waals surface area contributed by atoms with Crippen LogP contribution in [0.25, 0.3) is 11.1 Å². The first-order chi connectivity index (χ1) is 33.0. The molecule has 7 N–H and O–H groups in total. The highest BCUT2D eigenvalue weighted by Gasteiger charge is 2.30. The van der Waals surface area contributed by atoms with Crippen LogP contribution < -0.4 is 14.1 Å². The minimum atomic E-state index is -1.29. The summed E-state index contributed by atoms with van der Waals surface area (Å²) in [4.78, 5) is 68.5. The maximum absolute atomic E-state index is 11.7. The summed E-state index contributed by atoms with van der Waals surface area (Å²) in [7, 11) is 0.653. The molecule has 0 bridgehead atoms. The Bertz CT molecular complexity index is 2340. The molecule has 18 nitrogen and oxygen atoms in total. The number of benzene rings is 5. The molecule has 0 aliphatic carbocycles. The van der Waals surface area contributed by atoms with E-state index in [1.165, 1.54) is 0 Å². The van der Waals surface area contributed by atoms with Crippen molar-refractivity contribution in [3.05, 3.63) is 149 Å². The van der Waals surface area contributed by atoms with Crippen molar-refractivity contribution < 1.29 is 78.6 Å². The van der Waals surface area contributed by atoms with E-state index in [9.17, 15) is 39.0 Å². The number of carbonyl (C=O) groups is 6. The zero-order chi connectivity index (χ0) is 50.7. The SMILES string of the molecule is CCCCOc1ccc(-c2ccc(CC(C(=O)O)N(CC(=O)O)CC(=O)O)cc2)cc1.O=C(O)CN(CC(=O)O)C(Cc1ccc(Br)cc1)C(=O)O.O[B]Oc1ccc(OCc2ccccc2)cc1. The van der Waals surface area contributed by atoms with Crippen molar-refractivity contribution in [1.82, 2.24) is 9.80 Å². The van der Waals surface area contributed by atoms with Crippen molar-refractivity contribution >= 4 is 59.4 Å². The summed E-state index contributed by atoms with van der Waals surface area (Å²) in [5, 5.41) is 62.8. The van der Waals surface area contributed by atoms with Crippen molar-refractivity contribution in [2.24, 2.45) is 0 Å². The van der Waals surface area contributed by atoms with E-state index in [0.717, 1.165) is 55.3 Å². The second-order valence-electron chi connectivity index (χ2n) is 15.0. The van der Waals surface area contributed by atoms with E-state index in [-0.39, 0.29) is 12.8 Å². The summed E-state index contributed by atoms with van der Waals surface area (Å²) in [5.41, 5.74) is 4.37. The number of carboxylic acids is 6. The van der Waals surface area contributed by atoms with Gasteiger partial charge in [-0.3, -0.25) is 38.6 Å². The second kappa shape index (κ2) is 30.2. The quantitative estimate of drug-likeness (QED) is 0.0244. The number of ether oxygens (including phenoxy) is 2. The van der Waals surface area contributed by atoms with Gasteiger partial charge in [-0.1, -0.05) is 108 Å². The van der Waals surface area contributed by atoms with Crippen LogP contribution in [0.3, 0.4) is 0 Å². The third-order valence-corrected chi connectivity index (χ3v) is 10.3. The number of unbranched alkanes of at least 4 members (excludes halogenated alkanes) is 1. The van der Waals surface area contributed by atoms with Crippen LogP contribution in [0.15, 0.2) is 132 Å². The zero-order valence-corrected chi connectivity index (χ0v) is 39.1. The van der Waals surface area contributed by atoms with E-state index >= 15 is 0 Å². The molecular formula is C49H53BBrN2O16. The average molecular weight is 1020 g/mol. The number of hydrogen-bond acceptors (Lipinski definition) is 12. The number of carboxylic acid groups (broad SMARTS) is 6. The standard InChI is InChI=1S/C23H27NO7.C13H12BO3.C13H14BrNO6/c1-2-3-12-31-19-10-8-18(9-11-19)17-6-4-16(5-7-17)13-20(23(29)30)24(14-21(25)26)15-22(27)28;15-14-17-13-8-6-12(7-9-13)16-10-11-4-2-1-3-5-11;14-9-3-1-8(2-4-9)5-10(13(20)21)15(6-11(16)17)7-12(18)19/h4-11,20H,2-3,12-15H2,1H3,(H,25,26)(H,27,28)(H,29,30);1-9,15H,10H2;1-4,10H,5-7H2,(H,16,17)(H,18,19)(H,20,21). The summed E-state index contributed by atoms with van der Waals surface area (Å²) in [5.74, 6) is -5.54. The van der Waals surface area contributed by atoms with Gasteiger partial charge in [0.15, 0.2) is 0 Å². The molecule has 0 spiro atoms. The lowest BCUT2D eigenvalue weighted by molar-refractivity contribution is -0.152. The fraction of sp³-hybridized carbons (Fsp3) is 0.265. The first-order valence-corrected chi connectivity index (χ1v) is 22.0. The smallest absolute Gasteiger partial charge is 0.537 e. The summed E-state index contributed by atoms with van der Waals surface area (Å²) < 4.78 is 16.9. The normalized spacial score (nSPS) is 11.4. The molecule has 69 heavy (non-hydrogen) atoms. The molecule has 5 aromatic carbocycles. The van der Waals surface area contributed by atoms with Gasteiger partial charge < -0.3 is 49.8 Å². The van der Waals surface area contributed by atoms with Gasteiger partial charge in [-0.05, 0) is 95.6 Å². The summed E-state index contributed by atoms with van der Waals surface area (Å²) in [6, 6.07) is 36.3. The minimum absolute atomic E-state index is 0.0135. The van der Waals surface area contributed by atoms with E-state index < -0.39 is 74.1 Å². The maximum atomic E-state index is 11.7. The van der Waals surface area contributed by atoms with E-state index in [0.29, 0.717) is 37.8 Å². The van der Waals surface area contributed by atoms with Crippen molar-refractivity contribution in [2.75, 3.05) is 32.8 Å². The van der Waals surface area contributed by atoms with Crippen LogP contribution >= 0.6 is 15.9 Å². The van der Waals surface area contributed by atoms with E-state index in [1.807, 2.05) is 66.7 Å². The molecule has 0 saturated carbocycles. The molecule has 0 aromatic heterocycles. The molecule has 5 rings (SSSR count). The fourth-order valence-electron chi connectivity index (χ4n) is 6.39. The number of aliphatic carboxylic acids is 6. The van der Waals surface area contributed by atoms with Crippen LogP contribution in [0.4, 0.5) is 0 Å². The molecule has 1 radical (unpaired) electrons. The molecule has 2 atom stereocenters. The van der Waals surface area contributed by atoms with Gasteiger partial charge in [-0.2, -0.15) is 0 Å². The molecule has 0 aliphatic rings. The Labute approximate surface area is 407 Å². The number of nitrogens with zero attached hydrogens (tertiary/aromatic N) is 2. The summed E-state index contributed by atoms with van der Waals surface area (Å²) >= 11 is 3.25. The topological polar surface area (TPSA) is 278 Å². The van der Waals surface area contributed by atoms with Gasteiger partial charge in [-0.15, -0.1) is 0 Å². The van der Waals surface area contributed by atoms with Gasteiger partial charge in [-0.25, -0.2) is 0 Å². The molecular weight excluding hydrogens is 963 g/mol. The first kappa shape index (κ1) is 56.1. The van der Waals surface area contributed by atoms with Crippen LogP contribution in [-0.2, 0) is 48.2 Å². The minimum Gasteiger partial charge on any atom is -0.537 e. The molecule has 5 aromatic rings. The van der Waals surface area contributed by atoms with Crippen LogP contribution in [-0.4, -0.2) is 134 Å². The monoisotopic (exact) mass is 1020 g/mol. The Morgan fingerprint density at radius 1 is 0.522 bits per heavy atom. The van der Waals surface area contributed by atoms with Crippen molar-refractivity contribution in [3.63, 3.8) is 0 Å². The molecule has 365 valence electrons. The van der Waals surface area contributed by atoms with E-state index in [1.54, 1.807) is 60.7 Å².